The standard InChI is InChI=1S/Al.9H2O/h;9*1H2. The molecule has 0 saturated carbocycles. The molecule has 0 spiro atoms. The Hall–Kier alpha value is 0.172. The maximum absolute atomic E-state index is 0. The van der Waals surface area contributed by atoms with Gasteiger partial charge in [0.25, 0.3) is 0 Å². The predicted molar refractivity (Wildman–Crippen MR) is 38.3 cm³/mol. The molecule has 18 N–H and O–H groups in total. The molecule has 0 aromatic carbocycles. The van der Waals surface area contributed by atoms with Gasteiger partial charge in [-0.1, -0.05) is 0 Å². The Morgan fingerprint density at radius 2 is 0.200 bits per heavy atom. The summed E-state index contributed by atoms with van der Waals surface area (Å²) in [4.78, 5) is 0. The van der Waals surface area contributed by atoms with Crippen LogP contribution in [-0.2, 0) is 0 Å². The first-order valence-electron chi connectivity index (χ1n) is 0. The van der Waals surface area contributed by atoms with Crippen LogP contribution in [0.3, 0.4) is 0 Å². The molecule has 0 heterocycles. The molecule has 0 fully saturated rings. The lowest BCUT2D eigenvalue weighted by Crippen LogP contribution is -0.381. The Kier molecular flexibility index (Phi) is 59300000. The van der Waals surface area contributed by atoms with Crippen LogP contribution in [0.5, 0.6) is 0 Å². The van der Waals surface area contributed by atoms with Crippen LogP contribution < -0.4 is 0 Å². The average Bonchev–Trinajstić information content (AvgIpc) is 0. The fraction of sp³-hybridized carbons (Fsp3) is 0. The Labute approximate surface area is 67.6 Å². The third kappa shape index (κ3) is 14100. The van der Waals surface area contributed by atoms with Crippen molar-refractivity contribution in [2.75, 3.05) is 0 Å². The molecule has 9 nitrogen and oxygen atoms in total. The molecular formula is H18AlO9. The van der Waals surface area contributed by atoms with E-state index < -0.39 is 0 Å². The van der Waals surface area contributed by atoms with Gasteiger partial charge in [-0.25, -0.2) is 0 Å². The third-order valence-electron chi connectivity index (χ3n) is 0. The van der Waals surface area contributed by atoms with Gasteiger partial charge in [0.1, 0.15) is 0 Å². The first-order chi connectivity index (χ1) is 0. The summed E-state index contributed by atoms with van der Waals surface area (Å²) in [7, 11) is 0. The van der Waals surface area contributed by atoms with Gasteiger partial charge in [-0.2, -0.15) is 0 Å². The second kappa shape index (κ2) is 20600. The van der Waals surface area contributed by atoms with E-state index in [4.69, 9.17) is 0 Å². The van der Waals surface area contributed by atoms with E-state index in [2.05, 4.69) is 0 Å². The molecule has 75 valence electrons. The Morgan fingerprint density at radius 3 is 0.200 bits per heavy atom. The summed E-state index contributed by atoms with van der Waals surface area (Å²) >= 11 is 0. The van der Waals surface area contributed by atoms with Gasteiger partial charge in [-0.3, -0.25) is 0 Å². The second-order valence-corrected chi connectivity index (χ2v) is 0. The molecule has 0 bridgehead atoms. The molecule has 0 unspecified atom stereocenters. The largest absolute Gasteiger partial charge is 0.412 e. The van der Waals surface area contributed by atoms with Gasteiger partial charge in [-0.15, -0.1) is 0 Å². The summed E-state index contributed by atoms with van der Waals surface area (Å²) in [6.45, 7) is 0. The van der Waals surface area contributed by atoms with E-state index in [0.717, 1.165) is 0 Å². The molecule has 3 radical (unpaired) electrons. The SMILES string of the molecule is O.O.O.O.O.O.O.O.O.[Al]. The summed E-state index contributed by atoms with van der Waals surface area (Å²) < 4.78 is 0. The quantitative estimate of drug-likeness (QED) is 0.320. The summed E-state index contributed by atoms with van der Waals surface area (Å²) in [5, 5.41) is 0. The van der Waals surface area contributed by atoms with E-state index >= 15 is 0 Å². The summed E-state index contributed by atoms with van der Waals surface area (Å²) in [6, 6.07) is 0. The lowest BCUT2D eigenvalue weighted by molar-refractivity contribution is 0.823. The number of hydrogen-bond donors (Lipinski definition) is 0. The summed E-state index contributed by atoms with van der Waals surface area (Å²) in [6.07, 6.45) is 0. The highest BCUT2D eigenvalue weighted by Crippen LogP contribution is -0.281. The van der Waals surface area contributed by atoms with Crippen LogP contribution in [0.2, 0.25) is 0 Å². The minimum Gasteiger partial charge on any atom is -0.412 e. The number of hydrogen-bond acceptors (Lipinski definition) is 0. The number of rotatable bonds is 0. The first-order valence-corrected chi connectivity index (χ1v) is 0. The van der Waals surface area contributed by atoms with Crippen molar-refractivity contribution < 1.29 is 49.3 Å². The lowest BCUT2D eigenvalue weighted by Gasteiger charge is -0.413. The van der Waals surface area contributed by atoms with Crippen molar-refractivity contribution in [1.82, 2.24) is 0 Å². The molecule has 10 heteroatoms. The molecular weight excluding hydrogens is 171 g/mol. The summed E-state index contributed by atoms with van der Waals surface area (Å²) in [5.41, 5.74) is 0. The topological polar surface area (TPSA) is 284 Å². The molecule has 0 saturated heterocycles. The highest BCUT2D eigenvalue weighted by Gasteiger charge is 0.0000223. The molecule has 0 aliphatic heterocycles. The molecule has 0 aromatic rings. The normalized spacial score (nSPS) is 0. The maximum Gasteiger partial charge on any atom is 0 e. The van der Waals surface area contributed by atoms with Gasteiger partial charge >= 0.3 is 0 Å². The van der Waals surface area contributed by atoms with Gasteiger partial charge < -0.3 is 49.3 Å². The smallest absolute Gasteiger partial charge is 0 e. The molecule has 0 rings (SSSR count). The molecule has 0 aliphatic rings. The maximum atomic E-state index is 0. The third-order valence-corrected chi connectivity index (χ3v) is 0. The molecule has 0 amide bonds. The van der Waals surface area contributed by atoms with Crippen molar-refractivity contribution in [1.29, 1.82) is 0 Å². The van der Waals surface area contributed by atoms with Crippen LogP contribution in [-0.4, -0.2) is 66.6 Å². The van der Waals surface area contributed by atoms with Crippen LogP contribution in [0.15, 0.2) is 0 Å². The van der Waals surface area contributed by atoms with Crippen LogP contribution in [0, 0.1) is 0 Å². The van der Waals surface area contributed by atoms with E-state index in [0.29, 0.717) is 0 Å². The second-order valence-electron chi connectivity index (χ2n) is 0. The van der Waals surface area contributed by atoms with E-state index in [1.54, 1.807) is 0 Å². The van der Waals surface area contributed by atoms with E-state index in [9.17, 15) is 0 Å². The molecule has 0 aromatic heterocycles. The average molecular weight is 189 g/mol. The first kappa shape index (κ1) is 28800. The Balaban J connectivity index is 0. The zero-order valence-corrected chi connectivity index (χ0v) is 6.23. The van der Waals surface area contributed by atoms with Crippen LogP contribution in [0.1, 0.15) is 0 Å². The van der Waals surface area contributed by atoms with Crippen molar-refractivity contribution in [3.05, 3.63) is 0 Å². The van der Waals surface area contributed by atoms with Crippen LogP contribution >= 0.6 is 0 Å². The van der Waals surface area contributed by atoms with Crippen molar-refractivity contribution in [2.24, 2.45) is 0 Å². The Morgan fingerprint density at radius 1 is 0.200 bits per heavy atom. The Bertz CT molecular complexity index is 4.69. The zero-order chi connectivity index (χ0) is 0. The van der Waals surface area contributed by atoms with Crippen molar-refractivity contribution in [2.45, 2.75) is 0 Å². The van der Waals surface area contributed by atoms with Crippen LogP contribution in [0.4, 0.5) is 0 Å². The minimum atomic E-state index is 0. The molecule has 0 atom stereocenters. The van der Waals surface area contributed by atoms with Gasteiger partial charge in [0.15, 0.2) is 0 Å². The van der Waals surface area contributed by atoms with Crippen molar-refractivity contribution in [3.8, 4) is 0 Å². The minimum absolute atomic E-state index is 0. The van der Waals surface area contributed by atoms with Crippen LogP contribution in [0.25, 0.3) is 0 Å². The highest BCUT2D eigenvalue weighted by atomic mass is 27.0. The monoisotopic (exact) mass is 189 g/mol. The lowest BCUT2D eigenvalue weighted by atomic mass is 16.0. The van der Waals surface area contributed by atoms with E-state index in [1.807, 2.05) is 0 Å². The van der Waals surface area contributed by atoms with Gasteiger partial charge in [0.2, 0.25) is 0 Å². The summed E-state index contributed by atoms with van der Waals surface area (Å²) in [5.74, 6) is 0. The van der Waals surface area contributed by atoms with Crippen molar-refractivity contribution in [3.63, 3.8) is 0 Å². The fourth-order valence-electron chi connectivity index (χ4n) is 0. The van der Waals surface area contributed by atoms with E-state index in [1.165, 1.54) is 0 Å². The van der Waals surface area contributed by atoms with Gasteiger partial charge in [0.05, 0.1) is 0 Å². The predicted octanol–water partition coefficient (Wildman–Crippen LogP) is -7.80. The molecule has 0 aliphatic carbocycles. The van der Waals surface area contributed by atoms with Gasteiger partial charge in [-0.05, 0) is 0 Å². The highest BCUT2D eigenvalue weighted by molar-refractivity contribution is 5.75. The van der Waals surface area contributed by atoms with E-state index in [-0.39, 0.29) is 66.6 Å². The molecule has 10 heavy (non-hydrogen) atoms. The van der Waals surface area contributed by atoms with Crippen molar-refractivity contribution >= 4 is 17.4 Å². The zero-order valence-electron chi connectivity index (χ0n) is 5.08. The van der Waals surface area contributed by atoms with Gasteiger partial charge in [0, 0.05) is 17.4 Å². The fourth-order valence-corrected chi connectivity index (χ4v) is 0.